The van der Waals surface area contributed by atoms with Crippen molar-refractivity contribution >= 4 is 23.3 Å². The third-order valence-corrected chi connectivity index (χ3v) is 3.58. The lowest BCUT2D eigenvalue weighted by Crippen LogP contribution is -2.33. The van der Waals surface area contributed by atoms with E-state index in [-0.39, 0.29) is 22.7 Å². The molecule has 1 aliphatic heterocycles. The second-order valence-corrected chi connectivity index (χ2v) is 4.89. The molecule has 1 heterocycles. The van der Waals surface area contributed by atoms with Gasteiger partial charge in [0.25, 0.3) is 0 Å². The average molecular weight is 214 g/mol. The summed E-state index contributed by atoms with van der Waals surface area (Å²) >= 11 is 0. The Kier molecular flexibility index (Phi) is 3.76. The molecule has 0 bridgehead atoms. The van der Waals surface area contributed by atoms with Crippen LogP contribution in [0.3, 0.4) is 0 Å². The highest BCUT2D eigenvalue weighted by Gasteiger charge is 2.25. The zero-order valence-electron chi connectivity index (χ0n) is 7.77. The standard InChI is InChI=1S/C9H11NO3S/c1-14-5-7(4-9(12)13)2-3-8(14)10-6-11/h2-3,5-6,8H,4H2,1H3,(H-,10,11,12,13)/p+1. The number of hydrogen-bond acceptors (Lipinski definition) is 2. The van der Waals surface area contributed by atoms with Crippen molar-refractivity contribution in [1.82, 2.24) is 5.32 Å². The lowest BCUT2D eigenvalue weighted by atomic mass is 10.2. The van der Waals surface area contributed by atoms with Crippen LogP contribution >= 0.6 is 0 Å². The molecule has 1 rings (SSSR count). The fourth-order valence-electron chi connectivity index (χ4n) is 1.19. The van der Waals surface area contributed by atoms with E-state index < -0.39 is 5.97 Å². The van der Waals surface area contributed by atoms with E-state index in [2.05, 4.69) is 5.32 Å². The molecule has 0 aromatic rings. The van der Waals surface area contributed by atoms with E-state index >= 15 is 0 Å². The molecule has 0 aromatic carbocycles. The highest BCUT2D eigenvalue weighted by molar-refractivity contribution is 7.99. The van der Waals surface area contributed by atoms with E-state index in [1.807, 2.05) is 17.7 Å². The Hall–Kier alpha value is -1.23. The lowest BCUT2D eigenvalue weighted by molar-refractivity contribution is -0.136. The second kappa shape index (κ2) is 4.85. The molecular weight excluding hydrogens is 202 g/mol. The van der Waals surface area contributed by atoms with Crippen LogP contribution in [-0.4, -0.2) is 29.1 Å². The van der Waals surface area contributed by atoms with Gasteiger partial charge >= 0.3 is 5.97 Å². The zero-order chi connectivity index (χ0) is 10.6. The van der Waals surface area contributed by atoms with Crippen LogP contribution in [0.2, 0.25) is 0 Å². The predicted molar refractivity (Wildman–Crippen MR) is 55.8 cm³/mol. The van der Waals surface area contributed by atoms with Crippen molar-refractivity contribution in [2.24, 2.45) is 0 Å². The zero-order valence-corrected chi connectivity index (χ0v) is 8.58. The summed E-state index contributed by atoms with van der Waals surface area (Å²) in [6.07, 6.45) is 6.25. The second-order valence-electron chi connectivity index (χ2n) is 2.94. The Morgan fingerprint density at radius 1 is 1.79 bits per heavy atom. The van der Waals surface area contributed by atoms with Gasteiger partial charge in [-0.3, -0.25) is 9.59 Å². The minimum Gasteiger partial charge on any atom is -0.481 e. The smallest absolute Gasteiger partial charge is 0.307 e. The van der Waals surface area contributed by atoms with Gasteiger partial charge in [0.15, 0.2) is 0 Å². The number of carbonyl (C=O) groups excluding carboxylic acids is 1. The molecule has 0 aromatic heterocycles. The molecule has 0 spiro atoms. The van der Waals surface area contributed by atoms with E-state index in [0.717, 1.165) is 5.57 Å². The van der Waals surface area contributed by atoms with Gasteiger partial charge in [0.2, 0.25) is 11.8 Å². The molecule has 5 heteroatoms. The monoisotopic (exact) mass is 214 g/mol. The van der Waals surface area contributed by atoms with Gasteiger partial charge in [0, 0.05) is 16.5 Å². The van der Waals surface area contributed by atoms with E-state index in [0.29, 0.717) is 6.41 Å². The Bertz CT molecular complexity index is 298. The Morgan fingerprint density at radius 3 is 3.00 bits per heavy atom. The van der Waals surface area contributed by atoms with Crippen molar-refractivity contribution in [1.29, 1.82) is 0 Å². The molecule has 2 unspecified atom stereocenters. The van der Waals surface area contributed by atoms with Gasteiger partial charge in [-0.2, -0.15) is 0 Å². The number of nitrogens with one attached hydrogen (secondary N) is 1. The van der Waals surface area contributed by atoms with E-state index in [1.165, 1.54) is 0 Å². The highest BCUT2D eigenvalue weighted by Crippen LogP contribution is 2.17. The number of allylic oxidation sites excluding steroid dienone is 1. The maximum atomic E-state index is 10.4. The van der Waals surface area contributed by atoms with E-state index in [1.54, 1.807) is 6.08 Å². The average Bonchev–Trinajstić information content (AvgIpc) is 2.09. The summed E-state index contributed by atoms with van der Waals surface area (Å²) in [4.78, 5) is 20.7. The molecule has 0 fully saturated rings. The third kappa shape index (κ3) is 2.92. The van der Waals surface area contributed by atoms with Gasteiger partial charge in [-0.15, -0.1) is 0 Å². The summed E-state index contributed by atoms with van der Waals surface area (Å²) in [7, 11) is -0.129. The molecular formula is C9H12NO3S+. The van der Waals surface area contributed by atoms with Crippen molar-refractivity contribution in [3.8, 4) is 0 Å². The first kappa shape index (κ1) is 10.8. The predicted octanol–water partition coefficient (Wildman–Crippen LogP) is 0.235. The summed E-state index contributed by atoms with van der Waals surface area (Å²) in [6.45, 7) is 0. The van der Waals surface area contributed by atoms with Gasteiger partial charge < -0.3 is 10.4 Å². The summed E-state index contributed by atoms with van der Waals surface area (Å²) in [5, 5.41) is 13.1. The lowest BCUT2D eigenvalue weighted by Gasteiger charge is -2.13. The molecule has 0 saturated carbocycles. The first-order chi connectivity index (χ1) is 6.63. The number of amides is 1. The first-order valence-corrected chi connectivity index (χ1v) is 5.83. The molecule has 14 heavy (non-hydrogen) atoms. The molecule has 1 aliphatic rings. The maximum absolute atomic E-state index is 10.4. The topological polar surface area (TPSA) is 66.4 Å². The fraction of sp³-hybridized carbons (Fsp3) is 0.333. The molecule has 2 atom stereocenters. The number of hydrogen-bond donors (Lipinski definition) is 2. The number of aliphatic carboxylic acids is 1. The van der Waals surface area contributed by atoms with Crippen LogP contribution in [0.5, 0.6) is 0 Å². The van der Waals surface area contributed by atoms with Crippen molar-refractivity contribution in [3.05, 3.63) is 23.1 Å². The first-order valence-electron chi connectivity index (χ1n) is 4.07. The van der Waals surface area contributed by atoms with Crippen LogP contribution in [0.1, 0.15) is 6.42 Å². The van der Waals surface area contributed by atoms with Crippen LogP contribution in [0.4, 0.5) is 0 Å². The quantitative estimate of drug-likeness (QED) is 0.520. The van der Waals surface area contributed by atoms with Gasteiger partial charge in [-0.25, -0.2) is 0 Å². The summed E-state index contributed by atoms with van der Waals surface area (Å²) < 4.78 is 0. The van der Waals surface area contributed by atoms with Gasteiger partial charge in [0.1, 0.15) is 11.7 Å². The minimum atomic E-state index is -0.834. The molecule has 0 aliphatic carbocycles. The Labute approximate surface area is 85.0 Å². The summed E-state index contributed by atoms with van der Waals surface area (Å²) in [5.41, 5.74) is 0.798. The molecule has 76 valence electrons. The molecule has 4 nitrogen and oxygen atoms in total. The molecule has 0 radical (unpaired) electrons. The number of carboxylic acids is 1. The van der Waals surface area contributed by atoms with Crippen molar-refractivity contribution in [2.75, 3.05) is 6.26 Å². The van der Waals surface area contributed by atoms with Crippen molar-refractivity contribution in [3.63, 3.8) is 0 Å². The van der Waals surface area contributed by atoms with Gasteiger partial charge in [-0.1, -0.05) is 6.08 Å². The van der Waals surface area contributed by atoms with Crippen molar-refractivity contribution in [2.45, 2.75) is 11.8 Å². The molecule has 2 N–H and O–H groups in total. The number of rotatable bonds is 4. The number of carbonyl (C=O) groups is 2. The molecule has 1 amide bonds. The molecule has 0 saturated heterocycles. The normalized spacial score (nSPS) is 25.4. The van der Waals surface area contributed by atoms with Gasteiger partial charge in [0.05, 0.1) is 6.42 Å². The van der Waals surface area contributed by atoms with E-state index in [9.17, 15) is 9.59 Å². The number of carboxylic acid groups (broad SMARTS) is 1. The highest BCUT2D eigenvalue weighted by atomic mass is 32.2. The van der Waals surface area contributed by atoms with Crippen LogP contribution in [0.15, 0.2) is 23.1 Å². The fourth-order valence-corrected chi connectivity index (χ4v) is 2.57. The SMILES string of the molecule is C[S+]1C=C(CC(=O)O)C=CC1NC=O. The summed E-state index contributed by atoms with van der Waals surface area (Å²) in [6, 6.07) is 0. The van der Waals surface area contributed by atoms with E-state index in [4.69, 9.17) is 5.11 Å². The largest absolute Gasteiger partial charge is 0.481 e. The van der Waals surface area contributed by atoms with Crippen LogP contribution in [0.25, 0.3) is 0 Å². The Balaban J connectivity index is 2.61. The third-order valence-electron chi connectivity index (χ3n) is 1.81. The van der Waals surface area contributed by atoms with Crippen LogP contribution < -0.4 is 5.32 Å². The van der Waals surface area contributed by atoms with Crippen LogP contribution in [0, 0.1) is 0 Å². The minimum absolute atomic E-state index is 0.00467. The van der Waals surface area contributed by atoms with Gasteiger partial charge in [-0.05, 0) is 6.08 Å². The summed E-state index contributed by atoms with van der Waals surface area (Å²) in [5.74, 6) is -0.834. The van der Waals surface area contributed by atoms with Crippen LogP contribution in [-0.2, 0) is 20.5 Å². The Morgan fingerprint density at radius 2 is 2.50 bits per heavy atom. The maximum Gasteiger partial charge on any atom is 0.307 e. The van der Waals surface area contributed by atoms with Crippen molar-refractivity contribution < 1.29 is 14.7 Å².